The summed E-state index contributed by atoms with van der Waals surface area (Å²) in [5.41, 5.74) is 3.72. The largest absolute Gasteiger partial charge is 0.344 e. The molecule has 2 amide bonds. The van der Waals surface area contributed by atoms with Crippen LogP contribution >= 0.6 is 0 Å². The summed E-state index contributed by atoms with van der Waals surface area (Å²) in [5, 5.41) is 2.75. The lowest BCUT2D eigenvalue weighted by Crippen LogP contribution is -2.42. The summed E-state index contributed by atoms with van der Waals surface area (Å²) in [5.74, 6) is -1.18. The molecule has 136 valence electrons. The number of carbonyl (C=O) groups excluding carboxylic acids is 2. The third kappa shape index (κ3) is 4.82. The highest BCUT2D eigenvalue weighted by Crippen LogP contribution is 2.17. The van der Waals surface area contributed by atoms with E-state index in [1.54, 1.807) is 0 Å². The zero-order chi connectivity index (χ0) is 19.1. The number of nitrogens with one attached hydrogen (secondary N) is 1. The Bertz CT molecular complexity index is 908. The fraction of sp³-hybridized carbons (Fsp3) is 0.130. The van der Waals surface area contributed by atoms with Crippen LogP contribution in [-0.4, -0.2) is 11.8 Å². The molecular formula is C23H22N2O2. The molecule has 0 heterocycles. The van der Waals surface area contributed by atoms with Crippen molar-refractivity contribution in [3.8, 4) is 0 Å². The van der Waals surface area contributed by atoms with Crippen LogP contribution in [0.25, 0.3) is 0 Å². The van der Waals surface area contributed by atoms with Gasteiger partial charge in [-0.3, -0.25) is 14.5 Å². The van der Waals surface area contributed by atoms with Crippen LogP contribution in [0.15, 0.2) is 84.9 Å². The molecule has 27 heavy (non-hydrogen) atoms. The van der Waals surface area contributed by atoms with Crippen LogP contribution in [0.4, 0.5) is 5.69 Å². The van der Waals surface area contributed by atoms with Gasteiger partial charge in [-0.05, 0) is 35.7 Å². The molecule has 0 saturated heterocycles. The Hall–Kier alpha value is -3.40. The minimum absolute atomic E-state index is 0.325. The molecular weight excluding hydrogens is 336 g/mol. The minimum atomic E-state index is -0.613. The first-order valence-electron chi connectivity index (χ1n) is 8.88. The number of rotatable bonds is 5. The third-order valence-electron chi connectivity index (χ3n) is 4.39. The Balaban J connectivity index is 1.76. The normalized spacial score (nSPS) is 10.3. The van der Waals surface area contributed by atoms with Gasteiger partial charge < -0.3 is 5.32 Å². The van der Waals surface area contributed by atoms with Crippen molar-refractivity contribution in [1.29, 1.82) is 0 Å². The molecule has 0 unspecified atom stereocenters. The Kier molecular flexibility index (Phi) is 6.00. The van der Waals surface area contributed by atoms with Crippen LogP contribution in [0.3, 0.4) is 0 Å². The molecule has 0 radical (unpaired) electrons. The SMILES string of the molecule is Cc1ccccc1CNC(=O)C(=O)N(Cc1ccccc1)c1ccccc1. The van der Waals surface area contributed by atoms with Crippen LogP contribution in [0, 0.1) is 6.92 Å². The molecule has 0 aliphatic rings. The van der Waals surface area contributed by atoms with Gasteiger partial charge in [-0.2, -0.15) is 0 Å². The number of anilines is 1. The Morgan fingerprint density at radius 2 is 1.41 bits per heavy atom. The first-order chi connectivity index (χ1) is 13.1. The van der Waals surface area contributed by atoms with E-state index >= 15 is 0 Å². The lowest BCUT2D eigenvalue weighted by molar-refractivity contribution is -0.137. The van der Waals surface area contributed by atoms with Gasteiger partial charge in [0.15, 0.2) is 0 Å². The van der Waals surface area contributed by atoms with Crippen LogP contribution in [0.2, 0.25) is 0 Å². The first-order valence-corrected chi connectivity index (χ1v) is 8.88. The first kappa shape index (κ1) is 18.4. The number of para-hydroxylation sites is 1. The molecule has 0 aliphatic carbocycles. The second kappa shape index (κ2) is 8.81. The van der Waals surface area contributed by atoms with E-state index in [0.717, 1.165) is 16.7 Å². The second-order valence-corrected chi connectivity index (χ2v) is 6.32. The van der Waals surface area contributed by atoms with E-state index in [2.05, 4.69) is 5.32 Å². The number of hydrogen-bond acceptors (Lipinski definition) is 2. The van der Waals surface area contributed by atoms with Gasteiger partial charge in [0.25, 0.3) is 0 Å². The van der Waals surface area contributed by atoms with E-state index in [1.165, 1.54) is 4.90 Å². The molecule has 3 aromatic rings. The summed E-state index contributed by atoms with van der Waals surface area (Å²) in [7, 11) is 0. The van der Waals surface area contributed by atoms with Crippen LogP contribution in [0.1, 0.15) is 16.7 Å². The number of hydrogen-bond donors (Lipinski definition) is 1. The molecule has 0 bridgehead atoms. The fourth-order valence-corrected chi connectivity index (χ4v) is 2.84. The smallest absolute Gasteiger partial charge is 0.316 e. The summed E-state index contributed by atoms with van der Waals surface area (Å²) in [6.07, 6.45) is 0. The van der Waals surface area contributed by atoms with Crippen LogP contribution < -0.4 is 10.2 Å². The second-order valence-electron chi connectivity index (χ2n) is 6.32. The maximum atomic E-state index is 12.9. The van der Waals surface area contributed by atoms with Crippen molar-refractivity contribution >= 4 is 17.5 Å². The van der Waals surface area contributed by atoms with Crippen molar-refractivity contribution in [2.75, 3.05) is 4.90 Å². The van der Waals surface area contributed by atoms with Gasteiger partial charge in [0.05, 0.1) is 6.54 Å². The summed E-state index contributed by atoms with van der Waals surface area (Å²) in [6, 6.07) is 26.7. The number of carbonyl (C=O) groups is 2. The topological polar surface area (TPSA) is 49.4 Å². The van der Waals surface area contributed by atoms with E-state index in [-0.39, 0.29) is 0 Å². The molecule has 0 aliphatic heterocycles. The molecule has 0 aromatic heterocycles. The lowest BCUT2D eigenvalue weighted by atomic mass is 10.1. The zero-order valence-corrected chi connectivity index (χ0v) is 15.3. The predicted molar refractivity (Wildman–Crippen MR) is 107 cm³/mol. The monoisotopic (exact) mass is 358 g/mol. The quantitative estimate of drug-likeness (QED) is 0.705. The average Bonchev–Trinajstić information content (AvgIpc) is 2.72. The Morgan fingerprint density at radius 3 is 2.07 bits per heavy atom. The van der Waals surface area contributed by atoms with E-state index in [9.17, 15) is 9.59 Å². The fourth-order valence-electron chi connectivity index (χ4n) is 2.84. The highest BCUT2D eigenvalue weighted by molar-refractivity contribution is 6.40. The van der Waals surface area contributed by atoms with Crippen molar-refractivity contribution in [1.82, 2.24) is 5.32 Å². The van der Waals surface area contributed by atoms with Crippen molar-refractivity contribution < 1.29 is 9.59 Å². The average molecular weight is 358 g/mol. The highest BCUT2D eigenvalue weighted by atomic mass is 16.2. The zero-order valence-electron chi connectivity index (χ0n) is 15.3. The molecule has 1 N–H and O–H groups in total. The third-order valence-corrected chi connectivity index (χ3v) is 4.39. The standard InChI is InChI=1S/C23H22N2O2/c1-18-10-8-9-13-20(18)16-24-22(26)23(27)25(21-14-6-3-7-15-21)17-19-11-4-2-5-12-19/h2-15H,16-17H2,1H3,(H,24,26). The van der Waals surface area contributed by atoms with E-state index in [0.29, 0.717) is 18.8 Å². The molecule has 3 aromatic carbocycles. The van der Waals surface area contributed by atoms with Crippen molar-refractivity contribution in [3.63, 3.8) is 0 Å². The van der Waals surface area contributed by atoms with E-state index in [4.69, 9.17) is 0 Å². The minimum Gasteiger partial charge on any atom is -0.344 e. The van der Waals surface area contributed by atoms with Gasteiger partial charge in [-0.15, -0.1) is 0 Å². The molecule has 0 saturated carbocycles. The summed E-state index contributed by atoms with van der Waals surface area (Å²) in [6.45, 7) is 2.64. The van der Waals surface area contributed by atoms with Gasteiger partial charge in [-0.25, -0.2) is 0 Å². The predicted octanol–water partition coefficient (Wildman–Crippen LogP) is 3.84. The molecule has 0 fully saturated rings. The Morgan fingerprint density at radius 1 is 0.815 bits per heavy atom. The van der Waals surface area contributed by atoms with Gasteiger partial charge in [0.2, 0.25) is 0 Å². The van der Waals surface area contributed by atoms with Crippen LogP contribution in [-0.2, 0) is 22.7 Å². The Labute approximate surface area is 159 Å². The highest BCUT2D eigenvalue weighted by Gasteiger charge is 2.23. The number of benzene rings is 3. The molecule has 0 atom stereocenters. The van der Waals surface area contributed by atoms with Crippen molar-refractivity contribution in [2.45, 2.75) is 20.0 Å². The lowest BCUT2D eigenvalue weighted by Gasteiger charge is -2.22. The maximum Gasteiger partial charge on any atom is 0.316 e. The summed E-state index contributed by atoms with van der Waals surface area (Å²) >= 11 is 0. The van der Waals surface area contributed by atoms with Gasteiger partial charge in [0.1, 0.15) is 0 Å². The summed E-state index contributed by atoms with van der Waals surface area (Å²) < 4.78 is 0. The molecule has 4 heteroatoms. The number of nitrogens with zero attached hydrogens (tertiary/aromatic N) is 1. The molecule has 0 spiro atoms. The number of aryl methyl sites for hydroxylation is 1. The van der Waals surface area contributed by atoms with Crippen molar-refractivity contribution in [2.24, 2.45) is 0 Å². The molecule has 4 nitrogen and oxygen atoms in total. The van der Waals surface area contributed by atoms with Gasteiger partial charge in [-0.1, -0.05) is 72.8 Å². The number of amides is 2. The maximum absolute atomic E-state index is 12.9. The van der Waals surface area contributed by atoms with E-state index in [1.807, 2.05) is 91.9 Å². The van der Waals surface area contributed by atoms with Gasteiger partial charge >= 0.3 is 11.8 Å². The summed E-state index contributed by atoms with van der Waals surface area (Å²) in [4.78, 5) is 26.9. The van der Waals surface area contributed by atoms with E-state index < -0.39 is 11.8 Å². The van der Waals surface area contributed by atoms with Crippen molar-refractivity contribution in [3.05, 3.63) is 102 Å². The molecule has 3 rings (SSSR count). The van der Waals surface area contributed by atoms with Crippen LogP contribution in [0.5, 0.6) is 0 Å². The van der Waals surface area contributed by atoms with Gasteiger partial charge in [0, 0.05) is 12.2 Å².